The number of benzene rings is 3. The lowest BCUT2D eigenvalue weighted by Crippen LogP contribution is -2.41. The molecule has 9 heteroatoms. The molecule has 188 valence electrons. The minimum Gasteiger partial charge on any atom is -0.454 e. The van der Waals surface area contributed by atoms with Crippen molar-refractivity contribution in [2.45, 2.75) is 20.4 Å². The SMILES string of the molecule is CC(C)(CN)CN(Cc1ccc(NC(=O)c2ccc3c(c2)OCO3)cc1)C(=O)c1cc(F)cc(F)c1. The van der Waals surface area contributed by atoms with Crippen molar-refractivity contribution in [1.82, 2.24) is 4.90 Å². The van der Waals surface area contributed by atoms with Gasteiger partial charge in [0.05, 0.1) is 0 Å². The van der Waals surface area contributed by atoms with Crippen LogP contribution in [0, 0.1) is 17.0 Å². The van der Waals surface area contributed by atoms with Crippen LogP contribution in [-0.2, 0) is 6.54 Å². The largest absolute Gasteiger partial charge is 0.454 e. The van der Waals surface area contributed by atoms with Crippen molar-refractivity contribution in [3.63, 3.8) is 0 Å². The third-order valence-electron chi connectivity index (χ3n) is 5.79. The predicted octanol–water partition coefficient (Wildman–Crippen LogP) is 4.57. The first-order chi connectivity index (χ1) is 17.1. The predicted molar refractivity (Wildman–Crippen MR) is 131 cm³/mol. The highest BCUT2D eigenvalue weighted by Crippen LogP contribution is 2.32. The Hall–Kier alpha value is -3.98. The van der Waals surface area contributed by atoms with Crippen LogP contribution in [0.15, 0.2) is 60.7 Å². The maximum absolute atomic E-state index is 13.7. The van der Waals surface area contributed by atoms with Gasteiger partial charge in [-0.25, -0.2) is 8.78 Å². The lowest BCUT2D eigenvalue weighted by atomic mass is 9.92. The number of nitrogens with two attached hydrogens (primary N) is 1. The van der Waals surface area contributed by atoms with Gasteiger partial charge in [-0.3, -0.25) is 9.59 Å². The lowest BCUT2D eigenvalue weighted by molar-refractivity contribution is 0.0672. The van der Waals surface area contributed by atoms with Crippen LogP contribution in [0.25, 0.3) is 0 Å². The molecule has 0 unspecified atom stereocenters. The standard InChI is InChI=1S/C27H27F2N3O4/c1-27(2,14-30)15-32(26(34)19-9-20(28)12-21(29)10-19)13-17-3-6-22(7-4-17)31-25(33)18-5-8-23-24(11-18)36-16-35-23/h3-12H,13-16,30H2,1-2H3,(H,31,33). The molecule has 4 rings (SSSR count). The molecule has 0 saturated heterocycles. The van der Waals surface area contributed by atoms with E-state index in [1.165, 1.54) is 4.90 Å². The zero-order valence-corrected chi connectivity index (χ0v) is 20.0. The number of nitrogens with one attached hydrogen (secondary N) is 1. The second kappa shape index (κ2) is 10.3. The van der Waals surface area contributed by atoms with Crippen molar-refractivity contribution < 1.29 is 27.8 Å². The van der Waals surface area contributed by atoms with E-state index in [4.69, 9.17) is 15.2 Å². The number of ether oxygens (including phenoxy) is 2. The van der Waals surface area contributed by atoms with Gasteiger partial charge in [0, 0.05) is 36.0 Å². The van der Waals surface area contributed by atoms with Crippen LogP contribution in [0.5, 0.6) is 11.5 Å². The zero-order chi connectivity index (χ0) is 25.9. The third-order valence-corrected chi connectivity index (χ3v) is 5.79. The maximum Gasteiger partial charge on any atom is 0.255 e. The Morgan fingerprint density at radius 1 is 0.944 bits per heavy atom. The van der Waals surface area contributed by atoms with E-state index in [9.17, 15) is 18.4 Å². The minimum absolute atomic E-state index is 0.0760. The number of carbonyl (C=O) groups is 2. The molecule has 0 saturated carbocycles. The summed E-state index contributed by atoms with van der Waals surface area (Å²) in [5, 5.41) is 2.82. The zero-order valence-electron chi connectivity index (χ0n) is 20.0. The Balaban J connectivity index is 1.48. The third kappa shape index (κ3) is 5.98. The van der Waals surface area contributed by atoms with Crippen molar-refractivity contribution in [1.29, 1.82) is 0 Å². The smallest absolute Gasteiger partial charge is 0.255 e. The number of nitrogens with zero attached hydrogens (tertiary/aromatic N) is 1. The summed E-state index contributed by atoms with van der Waals surface area (Å²) < 4.78 is 38.1. The van der Waals surface area contributed by atoms with Gasteiger partial charge < -0.3 is 25.4 Å². The first-order valence-corrected chi connectivity index (χ1v) is 11.4. The average molecular weight is 496 g/mol. The molecule has 3 N–H and O–H groups in total. The van der Waals surface area contributed by atoms with E-state index in [2.05, 4.69) is 5.32 Å². The fraction of sp³-hybridized carbons (Fsp3) is 0.259. The Labute approximate surface area is 207 Å². The van der Waals surface area contributed by atoms with E-state index in [-0.39, 0.29) is 31.4 Å². The monoisotopic (exact) mass is 495 g/mol. The molecular weight excluding hydrogens is 468 g/mol. The van der Waals surface area contributed by atoms with Crippen LogP contribution >= 0.6 is 0 Å². The number of halogens is 2. The molecule has 1 aliphatic rings. The van der Waals surface area contributed by atoms with Gasteiger partial charge in [0.2, 0.25) is 6.79 Å². The van der Waals surface area contributed by atoms with Crippen molar-refractivity contribution in [2.75, 3.05) is 25.2 Å². The normalized spacial score (nSPS) is 12.4. The second-order valence-corrected chi connectivity index (χ2v) is 9.41. The van der Waals surface area contributed by atoms with Gasteiger partial charge in [0.25, 0.3) is 11.8 Å². The maximum atomic E-state index is 13.7. The molecule has 7 nitrogen and oxygen atoms in total. The highest BCUT2D eigenvalue weighted by molar-refractivity contribution is 6.04. The summed E-state index contributed by atoms with van der Waals surface area (Å²) in [6, 6.07) is 14.7. The fourth-order valence-electron chi connectivity index (χ4n) is 3.80. The Morgan fingerprint density at radius 3 is 2.28 bits per heavy atom. The number of carbonyl (C=O) groups excluding carboxylic acids is 2. The number of amides is 2. The molecule has 0 bridgehead atoms. The Morgan fingerprint density at radius 2 is 1.61 bits per heavy atom. The molecule has 0 fully saturated rings. The number of rotatable bonds is 8. The summed E-state index contributed by atoms with van der Waals surface area (Å²) in [7, 11) is 0. The number of hydrogen-bond donors (Lipinski definition) is 2. The molecule has 0 radical (unpaired) electrons. The Bertz CT molecular complexity index is 1260. The van der Waals surface area contributed by atoms with Gasteiger partial charge in [-0.2, -0.15) is 0 Å². The molecule has 0 atom stereocenters. The second-order valence-electron chi connectivity index (χ2n) is 9.41. The van der Waals surface area contributed by atoms with E-state index < -0.39 is 23.0 Å². The topological polar surface area (TPSA) is 93.9 Å². The van der Waals surface area contributed by atoms with Crippen LogP contribution in [0.3, 0.4) is 0 Å². The first-order valence-electron chi connectivity index (χ1n) is 11.4. The lowest BCUT2D eigenvalue weighted by Gasteiger charge is -2.32. The molecule has 36 heavy (non-hydrogen) atoms. The number of fused-ring (bicyclic) bond motifs is 1. The Kier molecular flexibility index (Phi) is 7.21. The van der Waals surface area contributed by atoms with Gasteiger partial charge in [0.15, 0.2) is 11.5 Å². The molecule has 3 aromatic carbocycles. The van der Waals surface area contributed by atoms with Crippen molar-refractivity contribution in [3.05, 3.63) is 89.0 Å². The summed E-state index contributed by atoms with van der Waals surface area (Å²) in [5.74, 6) is -1.35. The van der Waals surface area contributed by atoms with Crippen LogP contribution in [-0.4, -0.2) is 36.6 Å². The van der Waals surface area contributed by atoms with Crippen LogP contribution in [0.1, 0.15) is 40.1 Å². The van der Waals surface area contributed by atoms with Gasteiger partial charge in [-0.15, -0.1) is 0 Å². The van der Waals surface area contributed by atoms with E-state index in [0.29, 0.717) is 29.3 Å². The molecule has 0 spiro atoms. The van der Waals surface area contributed by atoms with E-state index in [1.807, 2.05) is 13.8 Å². The number of anilines is 1. The average Bonchev–Trinajstić information content (AvgIpc) is 3.31. The quantitative estimate of drug-likeness (QED) is 0.477. The molecule has 2 amide bonds. The molecule has 0 aliphatic carbocycles. The van der Waals surface area contributed by atoms with E-state index in [0.717, 1.165) is 23.8 Å². The summed E-state index contributed by atoms with van der Waals surface area (Å²) in [6.45, 7) is 4.74. The molecule has 1 aliphatic heterocycles. The van der Waals surface area contributed by atoms with Gasteiger partial charge in [0.1, 0.15) is 11.6 Å². The van der Waals surface area contributed by atoms with Crippen LogP contribution in [0.4, 0.5) is 14.5 Å². The summed E-state index contributed by atoms with van der Waals surface area (Å²) in [5.41, 5.74) is 7.13. The van der Waals surface area contributed by atoms with Crippen LogP contribution < -0.4 is 20.5 Å². The first kappa shape index (κ1) is 25.1. The number of hydrogen-bond acceptors (Lipinski definition) is 5. The minimum atomic E-state index is -0.820. The van der Waals surface area contributed by atoms with Gasteiger partial charge >= 0.3 is 0 Å². The summed E-state index contributed by atoms with van der Waals surface area (Å²) in [4.78, 5) is 27.3. The highest BCUT2D eigenvalue weighted by Gasteiger charge is 2.26. The van der Waals surface area contributed by atoms with Gasteiger partial charge in [-0.05, 0) is 60.0 Å². The molecule has 1 heterocycles. The van der Waals surface area contributed by atoms with Gasteiger partial charge in [-0.1, -0.05) is 26.0 Å². The van der Waals surface area contributed by atoms with Crippen molar-refractivity contribution in [3.8, 4) is 11.5 Å². The van der Waals surface area contributed by atoms with Crippen molar-refractivity contribution >= 4 is 17.5 Å². The highest BCUT2D eigenvalue weighted by atomic mass is 19.1. The summed E-state index contributed by atoms with van der Waals surface area (Å²) in [6.07, 6.45) is 0. The molecular formula is C27H27F2N3O4. The van der Waals surface area contributed by atoms with E-state index >= 15 is 0 Å². The van der Waals surface area contributed by atoms with E-state index in [1.54, 1.807) is 42.5 Å². The fourth-order valence-corrected chi connectivity index (χ4v) is 3.80. The summed E-state index contributed by atoms with van der Waals surface area (Å²) >= 11 is 0. The molecule has 3 aromatic rings. The molecule has 0 aromatic heterocycles. The van der Waals surface area contributed by atoms with Crippen molar-refractivity contribution in [2.24, 2.45) is 11.1 Å². The van der Waals surface area contributed by atoms with Crippen LogP contribution in [0.2, 0.25) is 0 Å².